The van der Waals surface area contributed by atoms with Gasteiger partial charge in [-0.2, -0.15) is 30.7 Å². The van der Waals surface area contributed by atoms with Crippen molar-refractivity contribution in [3.05, 3.63) is 64.2 Å². The van der Waals surface area contributed by atoms with E-state index in [0.29, 0.717) is 12.1 Å². The van der Waals surface area contributed by atoms with E-state index < -0.39 is 62.0 Å². The van der Waals surface area contributed by atoms with Gasteiger partial charge in [0.05, 0.1) is 16.9 Å². The molecule has 2 atom stereocenters. The van der Waals surface area contributed by atoms with Gasteiger partial charge in [-0.25, -0.2) is 8.42 Å². The van der Waals surface area contributed by atoms with E-state index in [-0.39, 0.29) is 78.4 Å². The van der Waals surface area contributed by atoms with Crippen LogP contribution in [0.2, 0.25) is 5.02 Å². The minimum Gasteiger partial charge on any atom is -0.481 e. The summed E-state index contributed by atoms with van der Waals surface area (Å²) in [6, 6.07) is 5.86. The molecule has 1 heterocycles. The summed E-state index contributed by atoms with van der Waals surface area (Å²) >= 11 is 5.95. The summed E-state index contributed by atoms with van der Waals surface area (Å²) in [7, 11) is -4.45. The standard InChI is InChI=1S/C29H27ClF7NO5S/c30-20-7-9-21(10-8-20)44(42,43)26-13-14-38(24(39)16-1-3-17(4-2-16)25(40)41)23(26)12-5-18-15-19(6-11-22(18)26)27(31,32)28(33,34)29(35,36)37/h6-11,15-17,23H,1-5,12-14H2,(H,40,41)/t16-,17-,23?,26?. The highest BCUT2D eigenvalue weighted by Crippen LogP contribution is 2.56. The minimum absolute atomic E-state index is 0.0524. The number of alkyl halides is 7. The maximum Gasteiger partial charge on any atom is 0.460 e. The van der Waals surface area contributed by atoms with E-state index in [0.717, 1.165) is 6.07 Å². The lowest BCUT2D eigenvalue weighted by Gasteiger charge is -2.43. The van der Waals surface area contributed by atoms with E-state index in [1.807, 2.05) is 0 Å². The Labute approximate surface area is 253 Å². The van der Waals surface area contributed by atoms with E-state index in [1.54, 1.807) is 0 Å². The van der Waals surface area contributed by atoms with Crippen LogP contribution in [-0.2, 0) is 36.5 Å². The number of carbonyl (C=O) groups is 2. The fourth-order valence-electron chi connectivity index (χ4n) is 6.99. The summed E-state index contributed by atoms with van der Waals surface area (Å²) in [6.07, 6.45) is -5.93. The van der Waals surface area contributed by atoms with Gasteiger partial charge in [0.25, 0.3) is 0 Å². The molecule has 3 aliphatic rings. The maximum atomic E-state index is 14.7. The third-order valence-electron chi connectivity index (χ3n) is 9.31. The molecule has 240 valence electrons. The van der Waals surface area contributed by atoms with Crippen LogP contribution < -0.4 is 0 Å². The van der Waals surface area contributed by atoms with Crippen LogP contribution in [0.3, 0.4) is 0 Å². The smallest absolute Gasteiger partial charge is 0.460 e. The number of rotatable bonds is 6. The molecule has 0 aromatic heterocycles. The van der Waals surface area contributed by atoms with Crippen molar-refractivity contribution in [2.24, 2.45) is 11.8 Å². The first kappa shape index (κ1) is 32.5. The van der Waals surface area contributed by atoms with Crippen molar-refractivity contribution in [1.29, 1.82) is 0 Å². The summed E-state index contributed by atoms with van der Waals surface area (Å²) in [6.45, 7) is -0.0569. The third-order valence-corrected chi connectivity index (χ3v) is 12.1. The van der Waals surface area contributed by atoms with Gasteiger partial charge in [-0.1, -0.05) is 23.7 Å². The zero-order valence-corrected chi connectivity index (χ0v) is 24.5. The minimum atomic E-state index is -6.55. The maximum absolute atomic E-state index is 14.7. The molecule has 2 unspecified atom stereocenters. The predicted molar refractivity (Wildman–Crippen MR) is 143 cm³/mol. The van der Waals surface area contributed by atoms with Crippen LogP contribution in [0.1, 0.15) is 55.2 Å². The molecule has 2 aliphatic carbocycles. The van der Waals surface area contributed by atoms with Crippen LogP contribution in [0.25, 0.3) is 0 Å². The Bertz CT molecular complexity index is 1570. The Morgan fingerprint density at radius 3 is 2.05 bits per heavy atom. The van der Waals surface area contributed by atoms with Gasteiger partial charge < -0.3 is 10.0 Å². The normalized spacial score (nSPS) is 26.2. The van der Waals surface area contributed by atoms with Gasteiger partial charge in [0.1, 0.15) is 4.75 Å². The Morgan fingerprint density at radius 2 is 1.48 bits per heavy atom. The van der Waals surface area contributed by atoms with E-state index in [2.05, 4.69) is 0 Å². The molecule has 1 amide bonds. The number of carboxylic acid groups (broad SMARTS) is 1. The second kappa shape index (κ2) is 10.9. The number of nitrogens with zero attached hydrogens (tertiary/aromatic N) is 1. The van der Waals surface area contributed by atoms with E-state index >= 15 is 0 Å². The molecule has 1 saturated heterocycles. The highest BCUT2D eigenvalue weighted by Gasteiger charge is 2.73. The molecule has 0 spiro atoms. The van der Waals surface area contributed by atoms with Crippen LogP contribution in [0, 0.1) is 11.8 Å². The summed E-state index contributed by atoms with van der Waals surface area (Å²) < 4.78 is 123. The van der Waals surface area contributed by atoms with Crippen LogP contribution in [0.15, 0.2) is 47.4 Å². The van der Waals surface area contributed by atoms with E-state index in [4.69, 9.17) is 11.6 Å². The Kier molecular flexibility index (Phi) is 8.05. The number of benzene rings is 2. The Hall–Kier alpha value is -2.87. The van der Waals surface area contributed by atoms with Gasteiger partial charge in [0.15, 0.2) is 9.84 Å². The quantitative estimate of drug-likeness (QED) is 0.344. The molecule has 5 rings (SSSR count). The van der Waals surface area contributed by atoms with Gasteiger partial charge in [-0.3, -0.25) is 9.59 Å². The zero-order chi connectivity index (χ0) is 32.5. The number of hydrogen-bond donors (Lipinski definition) is 1. The second-order valence-electron chi connectivity index (χ2n) is 11.6. The number of carbonyl (C=O) groups excluding carboxylic acids is 1. The van der Waals surface area contributed by atoms with Gasteiger partial charge in [-0.05, 0) is 86.4 Å². The van der Waals surface area contributed by atoms with Crippen LogP contribution in [0.5, 0.6) is 0 Å². The van der Waals surface area contributed by atoms with Crippen molar-refractivity contribution in [2.45, 2.75) is 78.7 Å². The van der Waals surface area contributed by atoms with Crippen LogP contribution in [-0.4, -0.2) is 55.0 Å². The summed E-state index contributed by atoms with van der Waals surface area (Å²) in [5.74, 6) is -14.5. The average Bonchev–Trinajstić information content (AvgIpc) is 3.38. The first-order chi connectivity index (χ1) is 20.4. The van der Waals surface area contributed by atoms with Gasteiger partial charge in [0.2, 0.25) is 5.91 Å². The first-order valence-electron chi connectivity index (χ1n) is 13.9. The fraction of sp³-hybridized carbons (Fsp3) is 0.517. The highest BCUT2D eigenvalue weighted by molar-refractivity contribution is 7.92. The summed E-state index contributed by atoms with van der Waals surface area (Å²) in [5.41, 5.74) is -1.80. The number of aliphatic carboxylic acids is 1. The van der Waals surface area contributed by atoms with Crippen molar-refractivity contribution < 1.29 is 53.8 Å². The third kappa shape index (κ3) is 4.87. The predicted octanol–water partition coefficient (Wildman–Crippen LogP) is 6.74. The lowest BCUT2D eigenvalue weighted by atomic mass is 9.77. The van der Waals surface area contributed by atoms with Crippen molar-refractivity contribution in [2.75, 3.05) is 6.54 Å². The number of halogens is 8. The number of sulfone groups is 1. The molecule has 6 nitrogen and oxygen atoms in total. The first-order valence-corrected chi connectivity index (χ1v) is 15.7. The van der Waals surface area contributed by atoms with E-state index in [9.17, 15) is 53.8 Å². The molecule has 1 saturated carbocycles. The lowest BCUT2D eigenvalue weighted by Crippen LogP contribution is -2.53. The number of amides is 1. The monoisotopic (exact) mass is 669 g/mol. The van der Waals surface area contributed by atoms with Crippen LogP contribution in [0.4, 0.5) is 30.7 Å². The number of aryl methyl sites for hydroxylation is 1. The number of hydrogen-bond acceptors (Lipinski definition) is 4. The van der Waals surface area contributed by atoms with Gasteiger partial charge >= 0.3 is 24.0 Å². The molecule has 2 fully saturated rings. The Morgan fingerprint density at radius 1 is 0.886 bits per heavy atom. The number of fused-ring (bicyclic) bond motifs is 3. The van der Waals surface area contributed by atoms with Gasteiger partial charge in [0, 0.05) is 23.0 Å². The molecular weight excluding hydrogens is 643 g/mol. The topological polar surface area (TPSA) is 91.8 Å². The van der Waals surface area contributed by atoms with Crippen molar-refractivity contribution in [1.82, 2.24) is 4.90 Å². The van der Waals surface area contributed by atoms with Crippen molar-refractivity contribution >= 4 is 33.3 Å². The second-order valence-corrected chi connectivity index (χ2v) is 14.2. The summed E-state index contributed by atoms with van der Waals surface area (Å²) in [4.78, 5) is 26.4. The molecule has 1 aliphatic heterocycles. The lowest BCUT2D eigenvalue weighted by molar-refractivity contribution is -0.359. The summed E-state index contributed by atoms with van der Waals surface area (Å²) in [5, 5.41) is 9.53. The molecule has 2 aromatic rings. The molecule has 0 radical (unpaired) electrons. The van der Waals surface area contributed by atoms with Crippen molar-refractivity contribution in [3.63, 3.8) is 0 Å². The number of likely N-dealkylation sites (tertiary alicyclic amines) is 1. The van der Waals surface area contributed by atoms with E-state index in [1.165, 1.54) is 29.2 Å². The van der Waals surface area contributed by atoms with Gasteiger partial charge in [-0.15, -0.1) is 0 Å². The molecule has 15 heteroatoms. The number of carboxylic acids is 1. The van der Waals surface area contributed by atoms with Crippen molar-refractivity contribution in [3.8, 4) is 0 Å². The molecule has 1 N–H and O–H groups in total. The van der Waals surface area contributed by atoms with Crippen LogP contribution >= 0.6 is 11.6 Å². The zero-order valence-electron chi connectivity index (χ0n) is 22.9. The molecule has 44 heavy (non-hydrogen) atoms. The molecule has 0 bridgehead atoms. The SMILES string of the molecule is O=C(O)[C@H]1CC[C@H](C(=O)N2CCC3(S(=O)(=O)c4ccc(Cl)cc4)c4ccc(C(F)(F)C(F)(F)C(F)(F)F)cc4CCC23)CC1. The molecule has 2 aromatic carbocycles. The highest BCUT2D eigenvalue weighted by atomic mass is 35.5. The average molecular weight is 670 g/mol. The largest absolute Gasteiger partial charge is 0.481 e. The molecular formula is C29H27ClF7NO5S. The Balaban J connectivity index is 1.59. The fourth-order valence-corrected chi connectivity index (χ4v) is 9.48.